The fourth-order valence-electron chi connectivity index (χ4n) is 1.31. The SMILES string of the molecule is CNC(=O)C(C)(C)CNc1cc(Cl)nc(SC)n1. The van der Waals surface area contributed by atoms with E-state index in [4.69, 9.17) is 11.6 Å². The Morgan fingerprint density at radius 2 is 2.17 bits per heavy atom. The van der Waals surface area contributed by atoms with E-state index in [1.54, 1.807) is 13.1 Å². The van der Waals surface area contributed by atoms with Crippen molar-refractivity contribution in [2.45, 2.75) is 19.0 Å². The number of aromatic nitrogens is 2. The van der Waals surface area contributed by atoms with Gasteiger partial charge in [-0.15, -0.1) is 0 Å². The van der Waals surface area contributed by atoms with E-state index in [0.29, 0.717) is 22.7 Å². The van der Waals surface area contributed by atoms with E-state index in [2.05, 4.69) is 20.6 Å². The monoisotopic (exact) mass is 288 g/mol. The van der Waals surface area contributed by atoms with Crippen LogP contribution in [0.4, 0.5) is 5.82 Å². The van der Waals surface area contributed by atoms with E-state index in [9.17, 15) is 4.79 Å². The molecule has 2 N–H and O–H groups in total. The average molecular weight is 289 g/mol. The highest BCUT2D eigenvalue weighted by atomic mass is 35.5. The van der Waals surface area contributed by atoms with Gasteiger partial charge in [0.1, 0.15) is 11.0 Å². The molecule has 1 aromatic rings. The maximum atomic E-state index is 11.6. The van der Waals surface area contributed by atoms with Gasteiger partial charge in [0.2, 0.25) is 5.91 Å². The van der Waals surface area contributed by atoms with Crippen molar-refractivity contribution in [2.75, 3.05) is 25.2 Å². The van der Waals surface area contributed by atoms with Crippen LogP contribution in [0.1, 0.15) is 13.8 Å². The molecule has 0 spiro atoms. The smallest absolute Gasteiger partial charge is 0.227 e. The molecule has 0 aliphatic heterocycles. The predicted molar refractivity (Wildman–Crippen MR) is 75.2 cm³/mol. The molecule has 1 rings (SSSR count). The maximum absolute atomic E-state index is 11.6. The van der Waals surface area contributed by atoms with Crippen molar-refractivity contribution in [1.82, 2.24) is 15.3 Å². The molecule has 7 heteroatoms. The number of carbonyl (C=O) groups excluding carboxylic acids is 1. The molecule has 5 nitrogen and oxygen atoms in total. The van der Waals surface area contributed by atoms with E-state index >= 15 is 0 Å². The van der Waals surface area contributed by atoms with Crippen LogP contribution in [0.2, 0.25) is 5.15 Å². The van der Waals surface area contributed by atoms with Crippen LogP contribution in [-0.2, 0) is 4.79 Å². The number of anilines is 1. The summed E-state index contributed by atoms with van der Waals surface area (Å²) >= 11 is 7.30. The number of halogens is 1. The summed E-state index contributed by atoms with van der Waals surface area (Å²) in [6.45, 7) is 4.18. The number of nitrogens with one attached hydrogen (secondary N) is 2. The highest BCUT2D eigenvalue weighted by Gasteiger charge is 2.26. The van der Waals surface area contributed by atoms with Gasteiger partial charge < -0.3 is 10.6 Å². The molecule has 100 valence electrons. The maximum Gasteiger partial charge on any atom is 0.227 e. The topological polar surface area (TPSA) is 66.9 Å². The van der Waals surface area contributed by atoms with Crippen molar-refractivity contribution in [3.05, 3.63) is 11.2 Å². The van der Waals surface area contributed by atoms with E-state index in [-0.39, 0.29) is 5.91 Å². The summed E-state index contributed by atoms with van der Waals surface area (Å²) in [5.41, 5.74) is -0.522. The summed E-state index contributed by atoms with van der Waals surface area (Å²) in [7, 11) is 1.62. The zero-order valence-electron chi connectivity index (χ0n) is 10.9. The van der Waals surface area contributed by atoms with Crippen LogP contribution < -0.4 is 10.6 Å². The normalized spacial score (nSPS) is 11.2. The van der Waals surface area contributed by atoms with Crippen molar-refractivity contribution >= 4 is 35.1 Å². The minimum atomic E-state index is -0.522. The van der Waals surface area contributed by atoms with Crippen LogP contribution in [0, 0.1) is 5.41 Å². The number of rotatable bonds is 5. The lowest BCUT2D eigenvalue weighted by atomic mass is 9.92. The zero-order valence-corrected chi connectivity index (χ0v) is 12.4. The Kier molecular flexibility index (Phi) is 5.22. The largest absolute Gasteiger partial charge is 0.369 e. The van der Waals surface area contributed by atoms with Crippen LogP contribution in [-0.4, -0.2) is 35.7 Å². The minimum Gasteiger partial charge on any atom is -0.369 e. The molecule has 0 aliphatic carbocycles. The number of amides is 1. The standard InChI is InChI=1S/C11H17ClN4OS/c1-11(2,9(17)13-3)6-14-8-5-7(12)15-10(16-8)18-4/h5H,6H2,1-4H3,(H,13,17)(H,14,15,16). The Balaban J connectivity index is 2.74. The Labute approximate surface area is 116 Å². The van der Waals surface area contributed by atoms with Crippen molar-refractivity contribution in [3.8, 4) is 0 Å². The highest BCUT2D eigenvalue weighted by Crippen LogP contribution is 2.20. The number of hydrogen-bond donors (Lipinski definition) is 2. The third-order valence-electron chi connectivity index (χ3n) is 2.41. The van der Waals surface area contributed by atoms with Gasteiger partial charge in [0.25, 0.3) is 0 Å². The molecule has 0 fully saturated rings. The first-order chi connectivity index (χ1) is 8.39. The molecule has 0 saturated carbocycles. The molecule has 0 radical (unpaired) electrons. The Bertz CT molecular complexity index is 439. The first-order valence-corrected chi connectivity index (χ1v) is 7.04. The van der Waals surface area contributed by atoms with Crippen LogP contribution in [0.3, 0.4) is 0 Å². The first-order valence-electron chi connectivity index (χ1n) is 5.43. The van der Waals surface area contributed by atoms with Gasteiger partial charge in [-0.3, -0.25) is 4.79 Å². The van der Waals surface area contributed by atoms with Gasteiger partial charge in [-0.25, -0.2) is 9.97 Å². The summed E-state index contributed by atoms with van der Waals surface area (Å²) in [6, 6.07) is 1.64. The molecular weight excluding hydrogens is 272 g/mol. The highest BCUT2D eigenvalue weighted by molar-refractivity contribution is 7.98. The van der Waals surface area contributed by atoms with E-state index in [1.165, 1.54) is 11.8 Å². The van der Waals surface area contributed by atoms with Crippen LogP contribution in [0.25, 0.3) is 0 Å². The van der Waals surface area contributed by atoms with Crippen LogP contribution in [0.5, 0.6) is 0 Å². The third-order valence-corrected chi connectivity index (χ3v) is 3.15. The molecule has 0 aromatic carbocycles. The number of hydrogen-bond acceptors (Lipinski definition) is 5. The molecule has 1 amide bonds. The fraction of sp³-hybridized carbons (Fsp3) is 0.545. The third kappa shape index (κ3) is 4.03. The summed E-state index contributed by atoms with van der Waals surface area (Å²) in [4.78, 5) is 19.9. The lowest BCUT2D eigenvalue weighted by Gasteiger charge is -2.23. The van der Waals surface area contributed by atoms with Crippen LogP contribution in [0.15, 0.2) is 11.2 Å². The van der Waals surface area contributed by atoms with E-state index < -0.39 is 5.41 Å². The van der Waals surface area contributed by atoms with Gasteiger partial charge >= 0.3 is 0 Å². The second-order valence-electron chi connectivity index (χ2n) is 4.38. The second kappa shape index (κ2) is 6.24. The molecule has 18 heavy (non-hydrogen) atoms. The van der Waals surface area contributed by atoms with Gasteiger partial charge in [0.05, 0.1) is 5.41 Å². The van der Waals surface area contributed by atoms with Gasteiger partial charge in [0.15, 0.2) is 5.16 Å². The van der Waals surface area contributed by atoms with Crippen molar-refractivity contribution in [1.29, 1.82) is 0 Å². The molecule has 0 unspecified atom stereocenters. The fourth-order valence-corrected chi connectivity index (χ4v) is 1.92. The lowest BCUT2D eigenvalue weighted by Crippen LogP contribution is -2.39. The molecule has 0 bridgehead atoms. The van der Waals surface area contributed by atoms with E-state index in [0.717, 1.165) is 0 Å². The first kappa shape index (κ1) is 15.0. The average Bonchev–Trinajstić information content (AvgIpc) is 2.34. The Morgan fingerprint density at radius 3 is 2.72 bits per heavy atom. The quantitative estimate of drug-likeness (QED) is 0.493. The summed E-state index contributed by atoms with van der Waals surface area (Å²) in [6.07, 6.45) is 1.88. The van der Waals surface area contributed by atoms with Crippen molar-refractivity contribution < 1.29 is 4.79 Å². The molecular formula is C11H17ClN4OS. The number of thioether (sulfide) groups is 1. The van der Waals surface area contributed by atoms with Crippen molar-refractivity contribution in [2.24, 2.45) is 5.41 Å². The zero-order chi connectivity index (χ0) is 13.8. The van der Waals surface area contributed by atoms with Gasteiger partial charge in [-0.2, -0.15) is 0 Å². The van der Waals surface area contributed by atoms with Gasteiger partial charge in [0, 0.05) is 19.7 Å². The van der Waals surface area contributed by atoms with Crippen molar-refractivity contribution in [3.63, 3.8) is 0 Å². The molecule has 1 heterocycles. The molecule has 1 aromatic heterocycles. The number of carbonyl (C=O) groups is 1. The Morgan fingerprint density at radius 1 is 1.50 bits per heavy atom. The second-order valence-corrected chi connectivity index (χ2v) is 5.54. The van der Waals surface area contributed by atoms with Crippen LogP contribution >= 0.6 is 23.4 Å². The summed E-state index contributed by atoms with van der Waals surface area (Å²) in [5.74, 6) is 0.594. The molecule has 0 atom stereocenters. The van der Waals surface area contributed by atoms with Gasteiger partial charge in [-0.1, -0.05) is 23.4 Å². The number of nitrogens with zero attached hydrogens (tertiary/aromatic N) is 2. The lowest BCUT2D eigenvalue weighted by molar-refractivity contribution is -0.128. The van der Waals surface area contributed by atoms with E-state index in [1.807, 2.05) is 20.1 Å². The predicted octanol–water partition coefficient (Wildman–Crippen LogP) is 2.04. The van der Waals surface area contributed by atoms with Gasteiger partial charge in [-0.05, 0) is 20.1 Å². The molecule has 0 saturated heterocycles. The molecule has 0 aliphatic rings. The summed E-state index contributed by atoms with van der Waals surface area (Å²) < 4.78 is 0. The minimum absolute atomic E-state index is 0.0276. The summed E-state index contributed by atoms with van der Waals surface area (Å²) in [5, 5.41) is 6.72. The Hall–Kier alpha value is -1.01.